The maximum Gasteiger partial charge on any atom is 0.341 e. The summed E-state index contributed by atoms with van der Waals surface area (Å²) in [4.78, 5) is 16.3. The Kier molecular flexibility index (Phi) is 8.12. The van der Waals surface area contributed by atoms with Gasteiger partial charge in [-0.3, -0.25) is 4.98 Å². The number of esters is 1. The van der Waals surface area contributed by atoms with Crippen LogP contribution in [0.2, 0.25) is 0 Å². The molecule has 3 aromatic carbocycles. The first kappa shape index (κ1) is 24.2. The van der Waals surface area contributed by atoms with E-state index in [2.05, 4.69) is 15.6 Å². The average Bonchev–Trinajstić information content (AvgIpc) is 2.89. The Balaban J connectivity index is 0.000000302. The van der Waals surface area contributed by atoms with E-state index < -0.39 is 5.97 Å². The normalized spacial score (nSPS) is 10.0. The minimum atomic E-state index is -0.480. The van der Waals surface area contributed by atoms with Gasteiger partial charge in [0.25, 0.3) is 0 Å². The maximum absolute atomic E-state index is 12.0. The van der Waals surface area contributed by atoms with E-state index in [9.17, 15) is 4.79 Å². The fourth-order valence-electron chi connectivity index (χ4n) is 3.12. The summed E-state index contributed by atoms with van der Waals surface area (Å²) in [6.07, 6.45) is 1.65. The van der Waals surface area contributed by atoms with E-state index in [1.807, 2.05) is 50.5 Å². The van der Waals surface area contributed by atoms with Gasteiger partial charge < -0.3 is 30.0 Å². The van der Waals surface area contributed by atoms with Crippen molar-refractivity contribution in [3.8, 4) is 23.0 Å². The van der Waals surface area contributed by atoms with E-state index in [1.54, 1.807) is 36.5 Å². The van der Waals surface area contributed by atoms with E-state index in [-0.39, 0.29) is 0 Å². The molecule has 1 heterocycles. The van der Waals surface area contributed by atoms with Gasteiger partial charge in [-0.2, -0.15) is 0 Å². The summed E-state index contributed by atoms with van der Waals surface area (Å²) in [5, 5.41) is 15.5. The molecule has 0 fully saturated rings. The molecule has 0 saturated carbocycles. The Morgan fingerprint density at radius 1 is 0.853 bits per heavy atom. The monoisotopic (exact) mass is 461 g/mol. The van der Waals surface area contributed by atoms with E-state index in [4.69, 9.17) is 19.3 Å². The second kappa shape index (κ2) is 11.4. The molecule has 8 nitrogen and oxygen atoms in total. The molecule has 0 saturated heterocycles. The maximum atomic E-state index is 12.0. The molecule has 3 N–H and O–H groups in total. The Morgan fingerprint density at radius 2 is 1.47 bits per heavy atom. The predicted molar refractivity (Wildman–Crippen MR) is 133 cm³/mol. The van der Waals surface area contributed by atoms with Crippen LogP contribution in [0.4, 0.5) is 11.4 Å². The number of nitrogens with zero attached hydrogens (tertiary/aromatic N) is 1. The van der Waals surface area contributed by atoms with Gasteiger partial charge in [0.05, 0.1) is 19.7 Å². The quantitative estimate of drug-likeness (QED) is 0.263. The number of carbonyl (C=O) groups is 1. The number of benzene rings is 3. The number of rotatable bonds is 6. The van der Waals surface area contributed by atoms with Crippen molar-refractivity contribution in [2.75, 3.05) is 38.9 Å². The molecular formula is C26H27N3O5. The van der Waals surface area contributed by atoms with E-state index in [1.165, 1.54) is 14.2 Å². The number of hydrogen-bond acceptors (Lipinski definition) is 8. The van der Waals surface area contributed by atoms with Crippen LogP contribution in [0.5, 0.6) is 23.0 Å². The van der Waals surface area contributed by atoms with Gasteiger partial charge in [-0.1, -0.05) is 0 Å². The minimum absolute atomic E-state index is 0.300. The molecule has 0 aliphatic heterocycles. The van der Waals surface area contributed by atoms with Gasteiger partial charge >= 0.3 is 5.97 Å². The average molecular weight is 462 g/mol. The highest BCUT2D eigenvalue weighted by Crippen LogP contribution is 2.33. The van der Waals surface area contributed by atoms with Crippen molar-refractivity contribution in [1.82, 2.24) is 4.98 Å². The number of hydrogen-bond donors (Lipinski definition) is 3. The summed E-state index contributed by atoms with van der Waals surface area (Å²) in [5.74, 6) is 1.50. The van der Waals surface area contributed by atoms with Crippen molar-refractivity contribution in [1.29, 1.82) is 0 Å². The molecule has 4 aromatic rings. The third-order valence-corrected chi connectivity index (χ3v) is 4.95. The molecule has 8 heteroatoms. The molecule has 0 bridgehead atoms. The third kappa shape index (κ3) is 5.86. The molecule has 0 unspecified atom stereocenters. The molecular weight excluding hydrogens is 434 g/mol. The molecule has 176 valence electrons. The number of fused-ring (bicyclic) bond motifs is 1. The first-order valence-electron chi connectivity index (χ1n) is 10.5. The van der Waals surface area contributed by atoms with Crippen molar-refractivity contribution >= 4 is 28.2 Å². The van der Waals surface area contributed by atoms with Crippen LogP contribution >= 0.6 is 0 Å². The fourth-order valence-corrected chi connectivity index (χ4v) is 3.12. The number of phenols is 1. The topological polar surface area (TPSA) is 102 Å². The second-order valence-electron chi connectivity index (χ2n) is 7.04. The van der Waals surface area contributed by atoms with Gasteiger partial charge in [0, 0.05) is 43.1 Å². The van der Waals surface area contributed by atoms with Gasteiger partial charge in [0.2, 0.25) is 0 Å². The molecule has 0 amide bonds. The number of aromatic nitrogens is 1. The highest BCUT2D eigenvalue weighted by atomic mass is 16.5. The van der Waals surface area contributed by atoms with Crippen molar-refractivity contribution < 1.29 is 24.1 Å². The van der Waals surface area contributed by atoms with Crippen LogP contribution in [-0.4, -0.2) is 44.4 Å². The summed E-state index contributed by atoms with van der Waals surface area (Å²) in [6.45, 7) is 0. The molecule has 0 atom stereocenters. The van der Waals surface area contributed by atoms with Crippen molar-refractivity contribution in [2.45, 2.75) is 0 Å². The van der Waals surface area contributed by atoms with E-state index in [0.717, 1.165) is 11.4 Å². The summed E-state index contributed by atoms with van der Waals surface area (Å²) in [7, 11) is 6.52. The zero-order valence-corrected chi connectivity index (χ0v) is 19.5. The largest absolute Gasteiger partial charge is 0.508 e. The Labute approximate surface area is 198 Å². The highest BCUT2D eigenvalue weighted by Gasteiger charge is 2.16. The number of nitrogens with one attached hydrogen (secondary N) is 2. The number of phenolic OH excluding ortho intramolecular Hbond substituents is 1. The highest BCUT2D eigenvalue weighted by molar-refractivity contribution is 5.99. The first-order chi connectivity index (χ1) is 16.5. The van der Waals surface area contributed by atoms with E-state index >= 15 is 0 Å². The molecule has 0 radical (unpaired) electrons. The Hall–Kier alpha value is -4.46. The second-order valence-corrected chi connectivity index (χ2v) is 7.04. The summed E-state index contributed by atoms with van der Waals surface area (Å²) in [6, 6.07) is 19.6. The first-order valence-corrected chi connectivity index (χ1v) is 10.5. The lowest BCUT2D eigenvalue weighted by molar-refractivity contribution is 0.0597. The number of carbonyl (C=O) groups excluding carboxylic acids is 1. The van der Waals surface area contributed by atoms with E-state index in [0.29, 0.717) is 39.5 Å². The van der Waals surface area contributed by atoms with Crippen molar-refractivity contribution in [2.24, 2.45) is 0 Å². The van der Waals surface area contributed by atoms with Crippen LogP contribution in [0, 0.1) is 0 Å². The number of pyridine rings is 1. The van der Waals surface area contributed by atoms with Crippen LogP contribution in [-0.2, 0) is 4.74 Å². The molecule has 0 spiro atoms. The summed E-state index contributed by atoms with van der Waals surface area (Å²) >= 11 is 0. The molecule has 0 aliphatic carbocycles. The third-order valence-electron chi connectivity index (χ3n) is 4.95. The molecule has 4 rings (SSSR count). The van der Waals surface area contributed by atoms with Crippen molar-refractivity contribution in [3.05, 3.63) is 78.5 Å². The van der Waals surface area contributed by atoms with Crippen molar-refractivity contribution in [3.63, 3.8) is 0 Å². The smallest absolute Gasteiger partial charge is 0.341 e. The molecule has 34 heavy (non-hydrogen) atoms. The van der Waals surface area contributed by atoms with Crippen LogP contribution in [0.25, 0.3) is 10.9 Å². The van der Waals surface area contributed by atoms with Gasteiger partial charge in [-0.05, 0) is 60.7 Å². The lowest BCUT2D eigenvalue weighted by Crippen LogP contribution is -2.04. The van der Waals surface area contributed by atoms with Crippen LogP contribution in [0.15, 0.2) is 72.9 Å². The SMILES string of the molecule is CNc1ccc(O)cc1.CNc1ccc(Oc2ccnc3cc(OC)c(C(=O)OC)cc23)cc1. The fraction of sp³-hybridized carbons (Fsp3) is 0.154. The lowest BCUT2D eigenvalue weighted by Gasteiger charge is -2.12. The van der Waals surface area contributed by atoms with Gasteiger partial charge in [0.15, 0.2) is 0 Å². The van der Waals surface area contributed by atoms with Gasteiger partial charge in [-0.15, -0.1) is 0 Å². The van der Waals surface area contributed by atoms with Gasteiger partial charge in [0.1, 0.15) is 28.6 Å². The minimum Gasteiger partial charge on any atom is -0.508 e. The number of anilines is 2. The Bertz CT molecular complexity index is 1240. The number of aromatic hydroxyl groups is 1. The number of methoxy groups -OCH3 is 2. The van der Waals surface area contributed by atoms with Gasteiger partial charge in [-0.25, -0.2) is 4.79 Å². The summed E-state index contributed by atoms with van der Waals surface area (Å²) < 4.78 is 16.1. The predicted octanol–water partition coefficient (Wildman–Crippen LogP) is 5.30. The lowest BCUT2D eigenvalue weighted by atomic mass is 10.1. The zero-order chi connectivity index (χ0) is 24.5. The molecule has 1 aromatic heterocycles. The number of ether oxygens (including phenoxy) is 3. The van der Waals surface area contributed by atoms with Crippen LogP contribution in [0.1, 0.15) is 10.4 Å². The summed E-state index contributed by atoms with van der Waals surface area (Å²) in [5.41, 5.74) is 2.98. The zero-order valence-electron chi connectivity index (χ0n) is 19.5. The molecule has 0 aliphatic rings. The van der Waals surface area contributed by atoms with Crippen LogP contribution < -0.4 is 20.1 Å². The standard InChI is InChI=1S/C19H18N2O4.C7H9NO/c1-20-12-4-6-13(7-5-12)25-17-8-9-21-16-11-18(23-2)15(10-14(16)17)19(22)24-3;1-8-6-2-4-7(9)5-3-6/h4-11,20H,1-3H3;2-5,8-9H,1H3. The van der Waals surface area contributed by atoms with Crippen LogP contribution in [0.3, 0.4) is 0 Å². The Morgan fingerprint density at radius 3 is 2.03 bits per heavy atom.